The lowest BCUT2D eigenvalue weighted by Crippen LogP contribution is -2.69. The van der Waals surface area contributed by atoms with E-state index in [1.54, 1.807) is 11.4 Å². The number of nitrogens with zero attached hydrogens (tertiary/aromatic N) is 2. The number of hydrogen-bond donors (Lipinski definition) is 3. The number of halogens is 3. The Hall–Kier alpha value is -4.40. The molecule has 0 spiro atoms. The van der Waals surface area contributed by atoms with E-state index in [4.69, 9.17) is 4.74 Å². The number of carbonyl (C=O) groups excluding carboxylic acids is 2. The molecule has 0 saturated carbocycles. The molecule has 0 aliphatic rings. The summed E-state index contributed by atoms with van der Waals surface area (Å²) < 4.78 is 80.1. The number of benzene rings is 2. The minimum atomic E-state index is -5.37. The minimum Gasteiger partial charge on any atom is -0.480 e. The summed E-state index contributed by atoms with van der Waals surface area (Å²) in [5.74, 6) is -2.99. The van der Waals surface area contributed by atoms with Crippen LogP contribution >= 0.6 is 0 Å². The molecule has 0 saturated heterocycles. The Morgan fingerprint density at radius 1 is 0.947 bits per heavy atom. The van der Waals surface area contributed by atoms with Crippen molar-refractivity contribution in [3.05, 3.63) is 72.3 Å². The predicted molar refractivity (Wildman–Crippen MR) is 129 cm³/mol. The molecule has 3 N–H and O–H groups in total. The number of hydrogen-bond acceptors (Lipinski definition) is 9. The average molecular weight is 554 g/mol. The van der Waals surface area contributed by atoms with E-state index in [2.05, 4.69) is 19.7 Å². The largest absolute Gasteiger partial charge is 0.480 e. The average Bonchev–Trinajstić information content (AvgIpc) is 2.88. The highest BCUT2D eigenvalue weighted by molar-refractivity contribution is 7.92. The van der Waals surface area contributed by atoms with Gasteiger partial charge in [0.15, 0.2) is 5.82 Å². The maximum atomic E-state index is 14.4. The smallest absolute Gasteiger partial charge is 0.441 e. The zero-order valence-corrected chi connectivity index (χ0v) is 20.8. The van der Waals surface area contributed by atoms with Crippen molar-refractivity contribution in [3.63, 3.8) is 0 Å². The van der Waals surface area contributed by atoms with E-state index >= 15 is 0 Å². The van der Waals surface area contributed by atoms with E-state index in [1.165, 1.54) is 50.4 Å². The molecule has 2 aromatic carbocycles. The first kappa shape index (κ1) is 28.2. The van der Waals surface area contributed by atoms with Gasteiger partial charge in [-0.15, -0.1) is 10.2 Å². The molecule has 3 aromatic rings. The number of esters is 1. The van der Waals surface area contributed by atoms with Gasteiger partial charge in [-0.3, -0.25) is 9.52 Å². The summed E-state index contributed by atoms with van der Waals surface area (Å²) in [4.78, 5) is 24.9. The monoisotopic (exact) mass is 553 g/mol. The Bertz CT molecular complexity index is 1370. The van der Waals surface area contributed by atoms with Gasteiger partial charge >= 0.3 is 17.8 Å². The minimum absolute atomic E-state index is 0.130. The lowest BCUT2D eigenvalue weighted by molar-refractivity contribution is -0.204. The van der Waals surface area contributed by atoms with Crippen LogP contribution in [-0.4, -0.2) is 56.0 Å². The topological polar surface area (TPSA) is 149 Å². The molecule has 0 radical (unpaired) electrons. The highest BCUT2D eigenvalue weighted by Crippen LogP contribution is 2.34. The normalized spacial score (nSPS) is 13.1. The van der Waals surface area contributed by atoms with Gasteiger partial charge in [0.1, 0.15) is 0 Å². The van der Waals surface area contributed by atoms with E-state index < -0.39 is 40.3 Å². The van der Waals surface area contributed by atoms with Crippen LogP contribution in [0.4, 0.5) is 24.7 Å². The van der Waals surface area contributed by atoms with Gasteiger partial charge in [-0.1, -0.05) is 18.2 Å². The van der Waals surface area contributed by atoms with Crippen LogP contribution in [0.25, 0.3) is 0 Å². The second-order valence-electron chi connectivity index (χ2n) is 7.50. The number of alkyl halides is 3. The molecule has 0 aliphatic heterocycles. The molecule has 0 aliphatic carbocycles. The highest BCUT2D eigenvalue weighted by atomic mass is 32.2. The summed E-state index contributed by atoms with van der Waals surface area (Å²) in [5, 5.41) is 11.0. The Morgan fingerprint density at radius 2 is 1.61 bits per heavy atom. The third kappa shape index (κ3) is 6.29. The third-order valence-corrected chi connectivity index (χ3v) is 6.30. The van der Waals surface area contributed by atoms with Gasteiger partial charge in [-0.2, -0.15) is 13.2 Å². The van der Waals surface area contributed by atoms with Crippen molar-refractivity contribution < 1.29 is 40.7 Å². The molecule has 1 heterocycles. The summed E-state index contributed by atoms with van der Waals surface area (Å²) in [6, 6.07) is 13.6. The van der Waals surface area contributed by atoms with E-state index in [9.17, 15) is 31.2 Å². The Labute approximate surface area is 215 Å². The Balaban J connectivity index is 1.91. The number of nitrogens with one attached hydrogen (secondary N) is 3. The van der Waals surface area contributed by atoms with Crippen LogP contribution in [0.3, 0.4) is 0 Å². The summed E-state index contributed by atoms with van der Waals surface area (Å²) >= 11 is 0. The van der Waals surface area contributed by atoms with Gasteiger partial charge in [0.25, 0.3) is 15.9 Å². The zero-order chi connectivity index (χ0) is 28.0. The predicted octanol–water partition coefficient (Wildman–Crippen LogP) is 2.95. The lowest BCUT2D eigenvalue weighted by atomic mass is 10.1. The molecule has 3 rings (SSSR count). The zero-order valence-electron chi connectivity index (χ0n) is 19.9. The highest BCUT2D eigenvalue weighted by Gasteiger charge is 2.63. The van der Waals surface area contributed by atoms with Crippen LogP contribution < -0.4 is 20.1 Å². The van der Waals surface area contributed by atoms with Crippen LogP contribution in [0.2, 0.25) is 0 Å². The van der Waals surface area contributed by atoms with Crippen LogP contribution in [0.1, 0.15) is 17.3 Å². The SMILES string of the molecule is CCOC(=O)C(NC(=O)c1ccccc1)(Nc1ccc(S(=O)(=O)Nc2ccc(OC)nn2)cc1)C(F)(F)F. The maximum Gasteiger partial charge on any atom is 0.441 e. The van der Waals surface area contributed by atoms with E-state index in [0.29, 0.717) is 0 Å². The first-order valence-electron chi connectivity index (χ1n) is 10.8. The number of aromatic nitrogens is 2. The van der Waals surface area contributed by atoms with Crippen molar-refractivity contribution >= 4 is 33.4 Å². The van der Waals surface area contributed by atoms with Crippen molar-refractivity contribution in [3.8, 4) is 5.88 Å². The fraction of sp³-hybridized carbons (Fsp3) is 0.217. The maximum absolute atomic E-state index is 14.4. The molecule has 1 atom stereocenters. The molecule has 202 valence electrons. The van der Waals surface area contributed by atoms with Crippen molar-refractivity contribution in [1.82, 2.24) is 15.5 Å². The van der Waals surface area contributed by atoms with Crippen LogP contribution in [0.15, 0.2) is 71.6 Å². The molecule has 0 bridgehead atoms. The van der Waals surface area contributed by atoms with Crippen molar-refractivity contribution in [1.29, 1.82) is 0 Å². The number of carbonyl (C=O) groups is 2. The first-order valence-corrected chi connectivity index (χ1v) is 12.3. The van der Waals surface area contributed by atoms with Crippen molar-refractivity contribution in [2.24, 2.45) is 0 Å². The van der Waals surface area contributed by atoms with E-state index in [-0.39, 0.29) is 27.8 Å². The number of methoxy groups -OCH3 is 1. The summed E-state index contributed by atoms with van der Waals surface area (Å²) in [6.45, 7) is 0.897. The Kier molecular flexibility index (Phi) is 8.40. The van der Waals surface area contributed by atoms with Crippen molar-refractivity contribution in [2.45, 2.75) is 23.7 Å². The molecule has 38 heavy (non-hydrogen) atoms. The van der Waals surface area contributed by atoms with Gasteiger partial charge in [0.2, 0.25) is 5.88 Å². The van der Waals surface area contributed by atoms with Crippen molar-refractivity contribution in [2.75, 3.05) is 23.8 Å². The summed E-state index contributed by atoms with van der Waals surface area (Å²) in [7, 11) is -2.85. The molecule has 1 aromatic heterocycles. The number of rotatable bonds is 10. The first-order chi connectivity index (χ1) is 17.9. The fourth-order valence-corrected chi connectivity index (χ4v) is 4.07. The lowest BCUT2D eigenvalue weighted by Gasteiger charge is -2.35. The molecular weight excluding hydrogens is 531 g/mol. The Morgan fingerprint density at radius 3 is 2.13 bits per heavy atom. The molecule has 11 nitrogen and oxygen atoms in total. The van der Waals surface area contributed by atoms with E-state index in [1.807, 2.05) is 5.32 Å². The van der Waals surface area contributed by atoms with Crippen LogP contribution in [-0.2, 0) is 19.6 Å². The number of sulfonamides is 1. The molecular formula is C23H22F3N5O6S. The number of anilines is 2. The summed E-state index contributed by atoms with van der Waals surface area (Å²) in [6.07, 6.45) is -5.37. The number of ether oxygens (including phenoxy) is 2. The van der Waals surface area contributed by atoms with Crippen LogP contribution in [0, 0.1) is 0 Å². The fourth-order valence-electron chi connectivity index (χ4n) is 3.08. The molecule has 0 fully saturated rings. The quantitative estimate of drug-likeness (QED) is 0.255. The van der Waals surface area contributed by atoms with Gasteiger partial charge in [-0.05, 0) is 49.4 Å². The second-order valence-corrected chi connectivity index (χ2v) is 9.19. The summed E-state index contributed by atoms with van der Waals surface area (Å²) in [5.41, 5.74) is -4.17. The molecule has 15 heteroatoms. The van der Waals surface area contributed by atoms with E-state index in [0.717, 1.165) is 24.3 Å². The standard InChI is InChI=1S/C23H22F3N5O6S/c1-3-37-21(33)22(23(24,25)26,28-20(32)15-7-5-4-6-8-15)27-16-9-11-17(12-10-16)38(34,35)31-18-13-14-19(36-2)30-29-18/h4-14,27H,3H2,1-2H3,(H,28,32)(H,29,31). The number of amides is 1. The third-order valence-electron chi connectivity index (χ3n) is 4.93. The van der Waals surface area contributed by atoms with Crippen LogP contribution in [0.5, 0.6) is 5.88 Å². The molecule has 1 amide bonds. The van der Waals surface area contributed by atoms with Gasteiger partial charge in [0, 0.05) is 17.3 Å². The van der Waals surface area contributed by atoms with Gasteiger partial charge in [0.05, 0.1) is 18.6 Å². The van der Waals surface area contributed by atoms with Gasteiger partial charge in [-0.25, -0.2) is 13.2 Å². The van der Waals surface area contributed by atoms with Gasteiger partial charge < -0.3 is 20.1 Å². The second kappa shape index (κ2) is 11.3. The molecule has 1 unspecified atom stereocenters.